The molecule has 0 bridgehead atoms. The number of nitrogens with two attached hydrogens (primary N) is 1. The summed E-state index contributed by atoms with van der Waals surface area (Å²) in [7, 11) is 3.07. The van der Waals surface area contributed by atoms with E-state index in [0.29, 0.717) is 17.1 Å². The van der Waals surface area contributed by atoms with Gasteiger partial charge in [-0.3, -0.25) is 0 Å². The lowest BCUT2D eigenvalue weighted by Crippen LogP contribution is -2.26. The number of hydrogen-bond acceptors (Lipinski definition) is 7. The van der Waals surface area contributed by atoms with Crippen molar-refractivity contribution < 1.29 is 23.7 Å². The van der Waals surface area contributed by atoms with Crippen LogP contribution >= 0.6 is 0 Å². The lowest BCUT2D eigenvalue weighted by Gasteiger charge is -2.27. The molecule has 0 amide bonds. The van der Waals surface area contributed by atoms with Crippen LogP contribution in [-0.2, 0) is 19.0 Å². The van der Waals surface area contributed by atoms with Crippen molar-refractivity contribution in [3.63, 3.8) is 0 Å². The Balaban J connectivity index is 2.44. The molecule has 0 unspecified atom stereocenters. The predicted octanol–water partition coefficient (Wildman–Crippen LogP) is 1.97. The molecule has 1 aliphatic heterocycles. The van der Waals surface area contributed by atoms with E-state index >= 15 is 0 Å². The van der Waals surface area contributed by atoms with Gasteiger partial charge in [0.25, 0.3) is 0 Å². The van der Waals surface area contributed by atoms with Crippen molar-refractivity contribution in [1.29, 1.82) is 5.26 Å². The largest absolute Gasteiger partial charge is 0.497 e. The van der Waals surface area contributed by atoms with Crippen molar-refractivity contribution in [2.24, 2.45) is 5.73 Å². The molecule has 1 aromatic rings. The third-order valence-electron chi connectivity index (χ3n) is 3.80. The van der Waals surface area contributed by atoms with Gasteiger partial charge in [0.05, 0.1) is 25.2 Å². The van der Waals surface area contributed by atoms with Crippen molar-refractivity contribution in [1.82, 2.24) is 0 Å². The molecule has 2 rings (SSSR count). The summed E-state index contributed by atoms with van der Waals surface area (Å²) in [5.41, 5.74) is 6.97. The summed E-state index contributed by atoms with van der Waals surface area (Å²) in [5.74, 6) is -0.291. The van der Waals surface area contributed by atoms with Crippen molar-refractivity contribution in [3.8, 4) is 11.8 Å². The third kappa shape index (κ3) is 3.92. The zero-order chi connectivity index (χ0) is 18.4. The molecule has 2 N–H and O–H groups in total. The van der Waals surface area contributed by atoms with Gasteiger partial charge in [-0.15, -0.1) is 0 Å². The van der Waals surface area contributed by atoms with Crippen LogP contribution < -0.4 is 10.5 Å². The Morgan fingerprint density at radius 2 is 1.96 bits per heavy atom. The molecule has 0 radical (unpaired) electrons. The fourth-order valence-corrected chi connectivity index (χ4v) is 2.57. The van der Waals surface area contributed by atoms with Gasteiger partial charge >= 0.3 is 5.97 Å². The van der Waals surface area contributed by atoms with Crippen molar-refractivity contribution >= 4 is 5.97 Å². The second kappa shape index (κ2) is 8.22. The van der Waals surface area contributed by atoms with Crippen LogP contribution in [0.3, 0.4) is 0 Å². The Kier molecular flexibility index (Phi) is 6.03. The summed E-state index contributed by atoms with van der Waals surface area (Å²) in [6.45, 7) is 1.99. The number of nitriles is 1. The zero-order valence-corrected chi connectivity index (χ0v) is 14.4. The highest BCUT2D eigenvalue weighted by molar-refractivity contribution is 5.92. The van der Waals surface area contributed by atoms with Crippen molar-refractivity contribution in [2.45, 2.75) is 12.8 Å². The van der Waals surface area contributed by atoms with Crippen LogP contribution in [0.4, 0.5) is 0 Å². The van der Waals surface area contributed by atoms with Gasteiger partial charge in [0.2, 0.25) is 5.88 Å². The standard InChI is InChI=1S/C18H20N2O5/c1-11-15(18(21)24-9-8-22-2)16(14(10-19)17(20)25-11)12-4-6-13(23-3)7-5-12/h4-7,16H,8-9,20H2,1-3H3/t16-/m1/s1. The molecule has 0 saturated carbocycles. The molecule has 0 spiro atoms. The molecule has 132 valence electrons. The lowest BCUT2D eigenvalue weighted by atomic mass is 9.83. The van der Waals surface area contributed by atoms with Crippen LogP contribution in [-0.4, -0.2) is 33.4 Å². The van der Waals surface area contributed by atoms with E-state index in [1.54, 1.807) is 38.3 Å². The Bertz CT molecular complexity index is 744. The Hall–Kier alpha value is -2.98. The van der Waals surface area contributed by atoms with Gasteiger partial charge in [0.15, 0.2) is 0 Å². The predicted molar refractivity (Wildman–Crippen MR) is 89.2 cm³/mol. The van der Waals surface area contributed by atoms with Gasteiger partial charge in [-0.2, -0.15) is 5.26 Å². The molecule has 1 aliphatic rings. The highest BCUT2D eigenvalue weighted by Crippen LogP contribution is 2.39. The van der Waals surface area contributed by atoms with Crippen LogP contribution in [0.1, 0.15) is 18.4 Å². The molecule has 7 heteroatoms. The molecule has 7 nitrogen and oxygen atoms in total. The van der Waals surface area contributed by atoms with Gasteiger partial charge in [-0.25, -0.2) is 4.79 Å². The van der Waals surface area contributed by atoms with Crippen molar-refractivity contribution in [2.75, 3.05) is 27.4 Å². The number of benzene rings is 1. The van der Waals surface area contributed by atoms with Crippen LogP contribution in [0.25, 0.3) is 0 Å². The van der Waals surface area contributed by atoms with Gasteiger partial charge < -0.3 is 24.7 Å². The Morgan fingerprint density at radius 1 is 1.28 bits per heavy atom. The zero-order valence-electron chi connectivity index (χ0n) is 14.4. The quantitative estimate of drug-likeness (QED) is 0.621. The number of ether oxygens (including phenoxy) is 4. The number of methoxy groups -OCH3 is 2. The minimum absolute atomic E-state index is 0.0192. The lowest BCUT2D eigenvalue weighted by molar-refractivity contribution is -0.140. The average molecular weight is 344 g/mol. The first-order chi connectivity index (χ1) is 12.0. The molecule has 1 heterocycles. The molecule has 1 aromatic carbocycles. The van der Waals surface area contributed by atoms with Gasteiger partial charge in [0, 0.05) is 7.11 Å². The van der Waals surface area contributed by atoms with Crippen LogP contribution in [0.2, 0.25) is 0 Å². The maximum absolute atomic E-state index is 12.5. The molecule has 0 fully saturated rings. The highest BCUT2D eigenvalue weighted by atomic mass is 16.6. The number of carbonyl (C=O) groups excluding carboxylic acids is 1. The second-order valence-corrected chi connectivity index (χ2v) is 5.30. The van der Waals surface area contributed by atoms with Crippen LogP contribution in [0.15, 0.2) is 47.1 Å². The Labute approximate surface area is 146 Å². The van der Waals surface area contributed by atoms with Gasteiger partial charge in [-0.05, 0) is 24.6 Å². The van der Waals surface area contributed by atoms with E-state index < -0.39 is 11.9 Å². The monoisotopic (exact) mass is 344 g/mol. The minimum Gasteiger partial charge on any atom is -0.497 e. The number of rotatable bonds is 6. The minimum atomic E-state index is -0.667. The maximum atomic E-state index is 12.5. The molecule has 25 heavy (non-hydrogen) atoms. The van der Waals surface area contributed by atoms with Crippen LogP contribution in [0.5, 0.6) is 5.75 Å². The first kappa shape index (κ1) is 18.4. The molecule has 0 aromatic heterocycles. The molecule has 0 aliphatic carbocycles. The fourth-order valence-electron chi connectivity index (χ4n) is 2.57. The van der Waals surface area contributed by atoms with E-state index in [4.69, 9.17) is 24.7 Å². The average Bonchev–Trinajstić information content (AvgIpc) is 2.61. The highest BCUT2D eigenvalue weighted by Gasteiger charge is 2.36. The number of nitrogens with zero attached hydrogens (tertiary/aromatic N) is 1. The number of esters is 1. The SMILES string of the molecule is COCCOC(=O)C1=C(C)OC(N)=C(C#N)[C@H]1c1ccc(OC)cc1. The second-order valence-electron chi connectivity index (χ2n) is 5.30. The van der Waals surface area contributed by atoms with Gasteiger partial charge in [-0.1, -0.05) is 12.1 Å². The van der Waals surface area contributed by atoms with E-state index in [-0.39, 0.29) is 30.2 Å². The number of allylic oxidation sites excluding steroid dienone is 2. The molecule has 1 atom stereocenters. The first-order valence-corrected chi connectivity index (χ1v) is 7.61. The van der Waals surface area contributed by atoms with E-state index in [1.807, 2.05) is 6.07 Å². The summed E-state index contributed by atoms with van der Waals surface area (Å²) >= 11 is 0. The molecular weight excluding hydrogens is 324 g/mol. The van der Waals surface area contributed by atoms with E-state index in [1.165, 1.54) is 7.11 Å². The molecule has 0 saturated heterocycles. The van der Waals surface area contributed by atoms with E-state index in [0.717, 1.165) is 0 Å². The van der Waals surface area contributed by atoms with E-state index in [9.17, 15) is 10.1 Å². The number of carbonyl (C=O) groups is 1. The summed E-state index contributed by atoms with van der Waals surface area (Å²) in [6, 6.07) is 9.08. The third-order valence-corrected chi connectivity index (χ3v) is 3.80. The summed E-state index contributed by atoms with van der Waals surface area (Å²) in [6.07, 6.45) is 0. The van der Waals surface area contributed by atoms with Gasteiger partial charge in [0.1, 0.15) is 29.8 Å². The van der Waals surface area contributed by atoms with Crippen molar-refractivity contribution in [3.05, 3.63) is 52.6 Å². The molecular formula is C18H20N2O5. The fraction of sp³-hybridized carbons (Fsp3) is 0.333. The Morgan fingerprint density at radius 3 is 2.52 bits per heavy atom. The maximum Gasteiger partial charge on any atom is 0.338 e. The van der Waals surface area contributed by atoms with Crippen LogP contribution in [0, 0.1) is 11.3 Å². The normalized spacial score (nSPS) is 17.0. The topological polar surface area (TPSA) is 104 Å². The summed E-state index contributed by atoms with van der Waals surface area (Å²) < 4.78 is 20.6. The summed E-state index contributed by atoms with van der Waals surface area (Å²) in [5, 5.41) is 9.51. The number of hydrogen-bond donors (Lipinski definition) is 1. The smallest absolute Gasteiger partial charge is 0.338 e. The first-order valence-electron chi connectivity index (χ1n) is 7.61. The summed E-state index contributed by atoms with van der Waals surface area (Å²) in [4.78, 5) is 12.5. The van der Waals surface area contributed by atoms with E-state index in [2.05, 4.69) is 0 Å².